The number of aryl methyl sites for hydroxylation is 1. The van der Waals surface area contributed by atoms with Crippen LogP contribution in [0.4, 0.5) is 0 Å². The van der Waals surface area contributed by atoms with Gasteiger partial charge in [-0.2, -0.15) is 0 Å². The zero-order valence-corrected chi connectivity index (χ0v) is 18.0. The number of hydrogen-bond acceptors (Lipinski definition) is 4. The van der Waals surface area contributed by atoms with Gasteiger partial charge in [0, 0.05) is 63.8 Å². The van der Waals surface area contributed by atoms with Gasteiger partial charge in [0.1, 0.15) is 0 Å². The van der Waals surface area contributed by atoms with Gasteiger partial charge in [-0.3, -0.25) is 14.5 Å². The zero-order valence-electron chi connectivity index (χ0n) is 18.0. The standard InChI is InChI=1S/C23H36N4O2/c1-19-6-5-8-21(18-19)23(29)27(17-16-25-12-4-3-7-20(25)2)13-9-22(28)26-14-10-24-11-15-26/h5-6,8,18,20,24H,3-4,7,9-17H2,1-2H3/t20-/m0/s1. The number of nitrogens with zero attached hydrogens (tertiary/aromatic N) is 3. The zero-order chi connectivity index (χ0) is 20.6. The Balaban J connectivity index is 1.63. The number of amides is 2. The molecule has 1 N–H and O–H groups in total. The first kappa shape index (κ1) is 21.8. The van der Waals surface area contributed by atoms with E-state index in [0.29, 0.717) is 31.1 Å². The average Bonchev–Trinajstić information content (AvgIpc) is 2.75. The van der Waals surface area contributed by atoms with Crippen LogP contribution in [-0.2, 0) is 4.79 Å². The molecule has 1 atom stereocenters. The Labute approximate surface area is 175 Å². The Hall–Kier alpha value is -1.92. The molecule has 0 spiro atoms. The summed E-state index contributed by atoms with van der Waals surface area (Å²) in [5, 5.41) is 3.28. The van der Waals surface area contributed by atoms with Gasteiger partial charge in [0.25, 0.3) is 5.91 Å². The first-order chi connectivity index (χ1) is 14.0. The molecule has 6 heteroatoms. The van der Waals surface area contributed by atoms with Crippen LogP contribution in [0.1, 0.15) is 48.5 Å². The Kier molecular flexibility index (Phi) is 8.07. The number of piperazine rings is 1. The van der Waals surface area contributed by atoms with Gasteiger partial charge in [0.05, 0.1) is 0 Å². The minimum absolute atomic E-state index is 0.0338. The highest BCUT2D eigenvalue weighted by Crippen LogP contribution is 2.16. The van der Waals surface area contributed by atoms with E-state index >= 15 is 0 Å². The largest absolute Gasteiger partial charge is 0.340 e. The summed E-state index contributed by atoms with van der Waals surface area (Å²) in [4.78, 5) is 32.1. The SMILES string of the molecule is Cc1cccc(C(=O)N(CCC(=O)N2CCNCC2)CCN2CCCC[C@@H]2C)c1. The summed E-state index contributed by atoms with van der Waals surface area (Å²) < 4.78 is 0. The van der Waals surface area contributed by atoms with Crippen LogP contribution in [0.5, 0.6) is 0 Å². The molecule has 1 aromatic rings. The van der Waals surface area contributed by atoms with Crippen LogP contribution in [0, 0.1) is 6.92 Å². The third-order valence-electron chi connectivity index (χ3n) is 6.22. The molecule has 1 aromatic carbocycles. The Morgan fingerprint density at radius 3 is 2.66 bits per heavy atom. The number of hydrogen-bond donors (Lipinski definition) is 1. The van der Waals surface area contributed by atoms with E-state index in [9.17, 15) is 9.59 Å². The lowest BCUT2D eigenvalue weighted by Gasteiger charge is -2.35. The van der Waals surface area contributed by atoms with Gasteiger partial charge in [-0.05, 0) is 45.4 Å². The molecule has 2 amide bonds. The molecular formula is C23H36N4O2. The molecule has 3 rings (SSSR count). The maximum atomic E-state index is 13.2. The van der Waals surface area contributed by atoms with E-state index in [2.05, 4.69) is 17.1 Å². The lowest BCUT2D eigenvalue weighted by molar-refractivity contribution is -0.131. The summed E-state index contributed by atoms with van der Waals surface area (Å²) in [6, 6.07) is 8.33. The molecule has 2 fully saturated rings. The van der Waals surface area contributed by atoms with Crippen molar-refractivity contribution in [2.75, 3.05) is 52.4 Å². The third-order valence-corrected chi connectivity index (χ3v) is 6.22. The molecule has 6 nitrogen and oxygen atoms in total. The molecule has 2 aliphatic rings. The molecule has 0 unspecified atom stereocenters. The van der Waals surface area contributed by atoms with Crippen molar-refractivity contribution in [1.29, 1.82) is 0 Å². The normalized spacial score (nSPS) is 20.5. The third kappa shape index (κ3) is 6.28. The molecular weight excluding hydrogens is 364 g/mol. The van der Waals surface area contributed by atoms with Crippen LogP contribution in [0.2, 0.25) is 0 Å². The summed E-state index contributed by atoms with van der Waals surface area (Å²) in [6.07, 6.45) is 4.15. The number of nitrogens with one attached hydrogen (secondary N) is 1. The fourth-order valence-electron chi connectivity index (χ4n) is 4.32. The second-order valence-corrected chi connectivity index (χ2v) is 8.42. The van der Waals surface area contributed by atoms with Crippen LogP contribution in [0.3, 0.4) is 0 Å². The van der Waals surface area contributed by atoms with Gasteiger partial charge < -0.3 is 15.1 Å². The number of likely N-dealkylation sites (tertiary alicyclic amines) is 1. The van der Waals surface area contributed by atoms with E-state index in [0.717, 1.165) is 44.8 Å². The van der Waals surface area contributed by atoms with Crippen molar-refractivity contribution in [3.05, 3.63) is 35.4 Å². The summed E-state index contributed by atoms with van der Waals surface area (Å²) in [6.45, 7) is 10.6. The highest BCUT2D eigenvalue weighted by atomic mass is 16.2. The van der Waals surface area contributed by atoms with E-state index in [1.807, 2.05) is 41.0 Å². The minimum Gasteiger partial charge on any atom is -0.340 e. The van der Waals surface area contributed by atoms with Crippen molar-refractivity contribution < 1.29 is 9.59 Å². The summed E-state index contributed by atoms with van der Waals surface area (Å²) in [5.74, 6) is 0.186. The van der Waals surface area contributed by atoms with Crippen molar-refractivity contribution >= 4 is 11.8 Å². The van der Waals surface area contributed by atoms with Gasteiger partial charge in [0.15, 0.2) is 0 Å². The number of benzene rings is 1. The fourth-order valence-corrected chi connectivity index (χ4v) is 4.32. The fraction of sp³-hybridized carbons (Fsp3) is 0.652. The predicted molar refractivity (Wildman–Crippen MR) is 116 cm³/mol. The van der Waals surface area contributed by atoms with E-state index in [1.165, 1.54) is 19.3 Å². The highest BCUT2D eigenvalue weighted by molar-refractivity contribution is 5.94. The van der Waals surface area contributed by atoms with Gasteiger partial charge in [-0.25, -0.2) is 0 Å². The lowest BCUT2D eigenvalue weighted by Crippen LogP contribution is -2.48. The second-order valence-electron chi connectivity index (χ2n) is 8.42. The molecule has 0 aliphatic carbocycles. The van der Waals surface area contributed by atoms with E-state index < -0.39 is 0 Å². The second kappa shape index (κ2) is 10.7. The topological polar surface area (TPSA) is 55.9 Å². The first-order valence-corrected chi connectivity index (χ1v) is 11.1. The van der Waals surface area contributed by atoms with E-state index in [-0.39, 0.29) is 11.8 Å². The van der Waals surface area contributed by atoms with Gasteiger partial charge >= 0.3 is 0 Å². The smallest absolute Gasteiger partial charge is 0.253 e. The maximum absolute atomic E-state index is 13.2. The lowest BCUT2D eigenvalue weighted by atomic mass is 10.0. The van der Waals surface area contributed by atoms with Crippen molar-refractivity contribution in [3.63, 3.8) is 0 Å². The van der Waals surface area contributed by atoms with E-state index in [1.54, 1.807) is 0 Å². The Morgan fingerprint density at radius 1 is 1.14 bits per heavy atom. The number of rotatable bonds is 7. The van der Waals surface area contributed by atoms with Crippen LogP contribution in [0.15, 0.2) is 24.3 Å². The number of carbonyl (C=O) groups is 2. The van der Waals surface area contributed by atoms with Gasteiger partial charge in [-0.15, -0.1) is 0 Å². The molecule has 2 heterocycles. The Bertz CT molecular complexity index is 687. The molecule has 2 saturated heterocycles. The van der Waals surface area contributed by atoms with Crippen molar-refractivity contribution in [3.8, 4) is 0 Å². The summed E-state index contributed by atoms with van der Waals surface area (Å²) in [7, 11) is 0. The van der Waals surface area contributed by atoms with Gasteiger partial charge in [-0.1, -0.05) is 24.1 Å². The minimum atomic E-state index is 0.0338. The van der Waals surface area contributed by atoms with Crippen LogP contribution in [-0.4, -0.2) is 84.9 Å². The monoisotopic (exact) mass is 400 g/mol. The summed E-state index contributed by atoms with van der Waals surface area (Å²) in [5.41, 5.74) is 1.80. The molecule has 0 saturated carbocycles. The molecule has 2 aliphatic heterocycles. The first-order valence-electron chi connectivity index (χ1n) is 11.1. The quantitative estimate of drug-likeness (QED) is 0.762. The summed E-state index contributed by atoms with van der Waals surface area (Å²) >= 11 is 0. The number of piperidine rings is 1. The predicted octanol–water partition coefficient (Wildman–Crippen LogP) is 2.13. The van der Waals surface area contributed by atoms with Crippen molar-refractivity contribution in [1.82, 2.24) is 20.0 Å². The highest BCUT2D eigenvalue weighted by Gasteiger charge is 2.23. The molecule has 160 valence electrons. The average molecular weight is 401 g/mol. The van der Waals surface area contributed by atoms with Crippen LogP contribution >= 0.6 is 0 Å². The maximum Gasteiger partial charge on any atom is 0.253 e. The Morgan fingerprint density at radius 2 is 1.93 bits per heavy atom. The molecule has 0 bridgehead atoms. The van der Waals surface area contributed by atoms with E-state index in [4.69, 9.17) is 0 Å². The molecule has 0 radical (unpaired) electrons. The van der Waals surface area contributed by atoms with Gasteiger partial charge in [0.2, 0.25) is 5.91 Å². The molecule has 29 heavy (non-hydrogen) atoms. The van der Waals surface area contributed by atoms with Crippen molar-refractivity contribution in [2.24, 2.45) is 0 Å². The number of carbonyl (C=O) groups excluding carboxylic acids is 2. The van der Waals surface area contributed by atoms with Crippen LogP contribution < -0.4 is 5.32 Å². The van der Waals surface area contributed by atoms with Crippen LogP contribution in [0.25, 0.3) is 0 Å². The molecule has 0 aromatic heterocycles. The van der Waals surface area contributed by atoms with Crippen molar-refractivity contribution in [2.45, 2.75) is 45.6 Å².